The monoisotopic (exact) mass is 374 g/mol. The molecule has 2 aromatic carbocycles. The van der Waals surface area contributed by atoms with E-state index in [0.717, 1.165) is 11.1 Å². The highest BCUT2D eigenvalue weighted by atomic mass is 32.2. The maximum absolute atomic E-state index is 12.9. The molecule has 2 aromatic rings. The van der Waals surface area contributed by atoms with Crippen LogP contribution in [0.1, 0.15) is 27.0 Å². The molecule has 1 heterocycles. The zero-order valence-electron chi connectivity index (χ0n) is 13.9. The first-order chi connectivity index (χ1) is 12.2. The topological polar surface area (TPSA) is 130 Å². The molecular formula is C18H18N2O5S. The van der Waals surface area contributed by atoms with Crippen LogP contribution in [0.2, 0.25) is 0 Å². The third kappa shape index (κ3) is 3.22. The third-order valence-corrected chi connectivity index (χ3v) is 5.18. The molecular weight excluding hydrogens is 356 g/mol. The summed E-state index contributed by atoms with van der Waals surface area (Å²) in [6.45, 7) is 2.09. The first-order valence-corrected chi connectivity index (χ1v) is 9.33. The number of nitrogens with two attached hydrogens (primary N) is 1. The van der Waals surface area contributed by atoms with Crippen molar-refractivity contribution in [2.45, 2.75) is 18.8 Å². The van der Waals surface area contributed by atoms with Crippen LogP contribution in [-0.2, 0) is 16.7 Å². The Morgan fingerprint density at radius 2 is 1.85 bits per heavy atom. The number of aliphatic hydroxyl groups excluding tert-OH is 1. The fraction of sp³-hybridized carbons (Fsp3) is 0.167. The zero-order chi connectivity index (χ0) is 19.1. The van der Waals surface area contributed by atoms with Crippen LogP contribution in [0.3, 0.4) is 0 Å². The molecule has 1 aliphatic rings. The Kier molecular flexibility index (Phi) is 4.57. The minimum Gasteiger partial charge on any atom is -0.507 e. The van der Waals surface area contributed by atoms with Crippen molar-refractivity contribution in [3.63, 3.8) is 0 Å². The van der Waals surface area contributed by atoms with Gasteiger partial charge in [0.25, 0.3) is 10.1 Å². The second-order valence-corrected chi connectivity index (χ2v) is 7.58. The maximum Gasteiger partial charge on any atom is 0.290 e. The molecule has 7 nitrogen and oxygen atoms in total. The summed E-state index contributed by atoms with van der Waals surface area (Å²) in [6, 6.07) is 11.2. The first kappa shape index (κ1) is 18.1. The van der Waals surface area contributed by atoms with E-state index in [4.69, 9.17) is 5.73 Å². The predicted molar refractivity (Wildman–Crippen MR) is 98.4 cm³/mol. The van der Waals surface area contributed by atoms with Gasteiger partial charge >= 0.3 is 0 Å². The van der Waals surface area contributed by atoms with E-state index in [1.54, 1.807) is 37.3 Å². The summed E-state index contributed by atoms with van der Waals surface area (Å²) >= 11 is 0. The van der Waals surface area contributed by atoms with Crippen LogP contribution < -0.4 is 11.1 Å². The van der Waals surface area contributed by atoms with Crippen LogP contribution in [-0.4, -0.2) is 29.2 Å². The van der Waals surface area contributed by atoms with Crippen LogP contribution in [0, 0.1) is 6.92 Å². The van der Waals surface area contributed by atoms with Crippen molar-refractivity contribution in [2.24, 2.45) is 5.73 Å². The molecule has 0 saturated heterocycles. The van der Waals surface area contributed by atoms with E-state index in [1.807, 2.05) is 0 Å². The van der Waals surface area contributed by atoms with E-state index in [2.05, 4.69) is 5.32 Å². The lowest BCUT2D eigenvalue weighted by Gasteiger charge is -2.27. The number of carbonyl (C=O) groups excluding carboxylic acids is 1. The number of ketones is 1. The number of fused-ring (bicyclic) bond motifs is 1. The van der Waals surface area contributed by atoms with Crippen molar-refractivity contribution in [3.8, 4) is 0 Å². The molecule has 0 amide bonds. The first-order valence-electron chi connectivity index (χ1n) is 7.83. The maximum atomic E-state index is 12.9. The highest BCUT2D eigenvalue weighted by Crippen LogP contribution is 2.34. The number of carbonyl (C=O) groups is 1. The summed E-state index contributed by atoms with van der Waals surface area (Å²) in [5.74, 6) is -1.17. The third-order valence-electron chi connectivity index (χ3n) is 4.23. The summed E-state index contributed by atoms with van der Waals surface area (Å²) in [5, 5.41) is 11.5. The number of hydrogen-bond acceptors (Lipinski definition) is 6. The lowest BCUT2D eigenvalue weighted by molar-refractivity contribution is 0.102. The fourth-order valence-electron chi connectivity index (χ4n) is 2.86. The van der Waals surface area contributed by atoms with Gasteiger partial charge in [-0.3, -0.25) is 9.35 Å². The van der Waals surface area contributed by atoms with Gasteiger partial charge in [-0.05, 0) is 24.6 Å². The van der Waals surface area contributed by atoms with Gasteiger partial charge in [-0.15, -0.1) is 0 Å². The van der Waals surface area contributed by atoms with Crippen LogP contribution in [0.4, 0.5) is 5.69 Å². The molecule has 1 atom stereocenters. The van der Waals surface area contributed by atoms with E-state index >= 15 is 0 Å². The second kappa shape index (κ2) is 6.56. The minimum absolute atomic E-state index is 0.227. The summed E-state index contributed by atoms with van der Waals surface area (Å²) in [5.41, 5.74) is 7.47. The van der Waals surface area contributed by atoms with E-state index in [9.17, 15) is 22.9 Å². The molecule has 0 aliphatic carbocycles. The van der Waals surface area contributed by atoms with Gasteiger partial charge in [-0.25, -0.2) is 0 Å². The van der Waals surface area contributed by atoms with Crippen molar-refractivity contribution >= 4 is 27.3 Å². The molecule has 0 saturated carbocycles. The molecule has 8 heteroatoms. The molecule has 0 radical (unpaired) electrons. The molecule has 1 aliphatic heterocycles. The average Bonchev–Trinajstić information content (AvgIpc) is 2.61. The number of nitrogens with one attached hydrogen (secondary N) is 1. The molecule has 3 rings (SSSR count). The molecule has 0 fully saturated rings. The van der Waals surface area contributed by atoms with Gasteiger partial charge in [-0.2, -0.15) is 8.42 Å². The lowest BCUT2D eigenvalue weighted by atomic mass is 9.93. The Bertz CT molecular complexity index is 1010. The van der Waals surface area contributed by atoms with Crippen molar-refractivity contribution in [1.29, 1.82) is 0 Å². The van der Waals surface area contributed by atoms with Gasteiger partial charge in [0, 0.05) is 23.4 Å². The summed E-state index contributed by atoms with van der Waals surface area (Å²) in [6.07, 6.45) is 0. The summed E-state index contributed by atoms with van der Waals surface area (Å²) in [7, 11) is -4.70. The number of benzene rings is 2. The van der Waals surface area contributed by atoms with Crippen LogP contribution in [0.15, 0.2) is 48.0 Å². The molecule has 136 valence electrons. The quantitative estimate of drug-likeness (QED) is 0.368. The smallest absolute Gasteiger partial charge is 0.290 e. The fourth-order valence-corrected chi connectivity index (χ4v) is 3.65. The van der Waals surface area contributed by atoms with E-state index in [1.165, 1.54) is 12.1 Å². The van der Waals surface area contributed by atoms with Gasteiger partial charge in [-0.1, -0.05) is 35.9 Å². The Labute approximate surface area is 150 Å². The highest BCUT2D eigenvalue weighted by molar-refractivity contribution is 7.86. The van der Waals surface area contributed by atoms with Crippen LogP contribution >= 0.6 is 0 Å². The Hall–Kier alpha value is -2.68. The summed E-state index contributed by atoms with van der Waals surface area (Å²) in [4.78, 5) is 12.9. The van der Waals surface area contributed by atoms with Gasteiger partial charge in [0.1, 0.15) is 5.76 Å². The minimum atomic E-state index is -4.70. The predicted octanol–water partition coefficient (Wildman–Crippen LogP) is 2.25. The Morgan fingerprint density at radius 3 is 2.42 bits per heavy atom. The number of hydrogen-bond donors (Lipinski definition) is 4. The second-order valence-electron chi connectivity index (χ2n) is 6.08. The number of Topliss-reactive ketones (excluding diaryl/α,β-unsaturated/α-hetero) is 1. The van der Waals surface area contributed by atoms with Gasteiger partial charge < -0.3 is 16.2 Å². The number of rotatable bonds is 3. The van der Waals surface area contributed by atoms with Crippen molar-refractivity contribution in [1.82, 2.24) is 0 Å². The molecule has 0 spiro atoms. The van der Waals surface area contributed by atoms with Crippen LogP contribution in [0.25, 0.3) is 5.76 Å². The van der Waals surface area contributed by atoms with Crippen molar-refractivity contribution < 1.29 is 22.9 Å². The van der Waals surface area contributed by atoms with Gasteiger partial charge in [0.15, 0.2) is 11.2 Å². The summed E-state index contributed by atoms with van der Waals surface area (Å²) < 4.78 is 33.3. The van der Waals surface area contributed by atoms with E-state index in [-0.39, 0.29) is 16.8 Å². The standard InChI is InChI=1S/C18H18N2O5S/c1-10-2-7-14-13(8-10)17(22)15(18(20-14)26(23,24)25)16(21)12-5-3-11(9-19)4-6-12/h2-8,18,20-21H,9,19H2,1H3,(H,23,24,25). The number of anilines is 1. The largest absolute Gasteiger partial charge is 0.507 e. The zero-order valence-corrected chi connectivity index (χ0v) is 14.7. The number of aliphatic hydroxyl groups is 1. The van der Waals surface area contributed by atoms with E-state index < -0.39 is 32.6 Å². The Balaban J connectivity index is 2.21. The Morgan fingerprint density at radius 1 is 1.19 bits per heavy atom. The van der Waals surface area contributed by atoms with Crippen molar-refractivity contribution in [2.75, 3.05) is 5.32 Å². The van der Waals surface area contributed by atoms with Crippen LogP contribution in [0.5, 0.6) is 0 Å². The molecule has 5 N–H and O–H groups in total. The average molecular weight is 374 g/mol. The van der Waals surface area contributed by atoms with Crippen molar-refractivity contribution in [3.05, 3.63) is 70.3 Å². The van der Waals surface area contributed by atoms with Gasteiger partial charge in [0.05, 0.1) is 5.57 Å². The number of aryl methyl sites for hydroxylation is 1. The molecule has 26 heavy (non-hydrogen) atoms. The lowest BCUT2D eigenvalue weighted by Crippen LogP contribution is -2.39. The molecule has 0 aromatic heterocycles. The van der Waals surface area contributed by atoms with Gasteiger partial charge in [0.2, 0.25) is 0 Å². The molecule has 1 unspecified atom stereocenters. The highest BCUT2D eigenvalue weighted by Gasteiger charge is 2.40. The molecule has 0 bridgehead atoms. The van der Waals surface area contributed by atoms with E-state index in [0.29, 0.717) is 6.54 Å². The SMILES string of the molecule is Cc1ccc2c(c1)C(=O)C(=C(O)c1ccc(CN)cc1)C(S(=O)(=O)O)N2. The normalized spacial score (nSPS) is 18.9.